The van der Waals surface area contributed by atoms with Crippen molar-refractivity contribution in [1.82, 2.24) is 0 Å². The van der Waals surface area contributed by atoms with Crippen LogP contribution in [0.5, 0.6) is 23.0 Å². The van der Waals surface area contributed by atoms with Gasteiger partial charge in [0, 0.05) is 18.8 Å². The summed E-state index contributed by atoms with van der Waals surface area (Å²) in [7, 11) is 0. The van der Waals surface area contributed by atoms with E-state index < -0.39 is 36.2 Å². The first-order valence-corrected chi connectivity index (χ1v) is 11.7. The van der Waals surface area contributed by atoms with E-state index in [1.54, 1.807) is 12.1 Å². The fourth-order valence-corrected chi connectivity index (χ4v) is 4.40. The first-order valence-electron chi connectivity index (χ1n) is 11.7. The maximum absolute atomic E-state index is 12.9. The molecule has 0 bridgehead atoms. The number of aliphatic hydroxyl groups excluding tert-OH is 1. The number of phenols is 4. The molecule has 0 spiro atoms. The molecule has 1 saturated heterocycles. The zero-order chi connectivity index (χ0) is 26.5. The minimum Gasteiger partial charge on any atom is -0.504 e. The number of carbonyl (C=O) groups excluding carboxylic acids is 2. The summed E-state index contributed by atoms with van der Waals surface area (Å²) < 4.78 is 21.5. The lowest BCUT2D eigenvalue weighted by atomic mass is 9.79. The molecule has 2 heterocycles. The fraction of sp³-hybridized carbons (Fsp3) is 0.385. The lowest BCUT2D eigenvalue weighted by Crippen LogP contribution is -2.40. The second-order valence-corrected chi connectivity index (χ2v) is 8.86. The van der Waals surface area contributed by atoms with Crippen molar-refractivity contribution in [3.8, 4) is 23.0 Å². The van der Waals surface area contributed by atoms with Gasteiger partial charge < -0.3 is 44.5 Å². The van der Waals surface area contributed by atoms with Crippen LogP contribution in [0, 0.1) is 11.8 Å². The van der Waals surface area contributed by atoms with Crippen LogP contribution >= 0.6 is 0 Å². The molecule has 4 unspecified atom stereocenters. The molecule has 198 valence electrons. The van der Waals surface area contributed by atoms with Gasteiger partial charge in [0.15, 0.2) is 29.3 Å². The van der Waals surface area contributed by atoms with Gasteiger partial charge in [-0.05, 0) is 35.4 Å². The number of ether oxygens (including phenoxy) is 4. The van der Waals surface area contributed by atoms with E-state index in [0.29, 0.717) is 17.5 Å². The third-order valence-electron chi connectivity index (χ3n) is 6.40. The van der Waals surface area contributed by atoms with Crippen LogP contribution in [-0.4, -0.2) is 69.7 Å². The highest BCUT2D eigenvalue weighted by atomic mass is 16.6. The molecule has 0 aliphatic carbocycles. The number of phenolic OH excluding ortho intramolecular Hbond substituents is 4. The van der Waals surface area contributed by atoms with Crippen molar-refractivity contribution < 1.29 is 54.1 Å². The van der Waals surface area contributed by atoms with Crippen molar-refractivity contribution in [2.45, 2.75) is 31.7 Å². The normalized spacial score (nSPS) is 22.5. The zero-order valence-electron chi connectivity index (χ0n) is 19.8. The predicted octanol–water partition coefficient (Wildman–Crippen LogP) is 1.63. The van der Waals surface area contributed by atoms with Crippen LogP contribution < -0.4 is 0 Å². The van der Waals surface area contributed by atoms with Crippen molar-refractivity contribution in [2.24, 2.45) is 11.8 Å². The van der Waals surface area contributed by atoms with Gasteiger partial charge in [0.1, 0.15) is 6.10 Å². The number of aromatic hydroxyl groups is 4. The highest BCUT2D eigenvalue weighted by molar-refractivity contribution is 5.90. The highest BCUT2D eigenvalue weighted by Gasteiger charge is 2.49. The molecule has 4 atom stereocenters. The summed E-state index contributed by atoms with van der Waals surface area (Å²) in [6.07, 6.45) is -0.204. The summed E-state index contributed by atoms with van der Waals surface area (Å²) in [4.78, 5) is 25.5. The maximum atomic E-state index is 12.9. The second-order valence-electron chi connectivity index (χ2n) is 8.86. The first-order chi connectivity index (χ1) is 17.7. The Morgan fingerprint density at radius 1 is 0.865 bits per heavy atom. The molecule has 37 heavy (non-hydrogen) atoms. The second kappa shape index (κ2) is 11.4. The van der Waals surface area contributed by atoms with Crippen molar-refractivity contribution in [1.29, 1.82) is 0 Å². The molecule has 0 amide bonds. The maximum Gasteiger partial charge on any atom is 0.337 e. The van der Waals surface area contributed by atoms with E-state index in [2.05, 4.69) is 0 Å². The Morgan fingerprint density at radius 2 is 1.46 bits per heavy atom. The van der Waals surface area contributed by atoms with Gasteiger partial charge in [0.2, 0.25) is 0 Å². The van der Waals surface area contributed by atoms with Crippen LogP contribution in [0.4, 0.5) is 0 Å². The molecule has 1 fully saturated rings. The molecule has 11 nitrogen and oxygen atoms in total. The number of fused-ring (bicyclic) bond motifs is 1. The summed E-state index contributed by atoms with van der Waals surface area (Å²) in [5.74, 6) is -3.84. The summed E-state index contributed by atoms with van der Waals surface area (Å²) in [5, 5.41) is 48.3. The van der Waals surface area contributed by atoms with Crippen LogP contribution in [0.3, 0.4) is 0 Å². The van der Waals surface area contributed by atoms with Gasteiger partial charge in [-0.2, -0.15) is 0 Å². The van der Waals surface area contributed by atoms with Gasteiger partial charge in [-0.15, -0.1) is 0 Å². The number of hydrogen-bond acceptors (Lipinski definition) is 11. The van der Waals surface area contributed by atoms with Gasteiger partial charge in [-0.1, -0.05) is 12.1 Å². The smallest absolute Gasteiger partial charge is 0.337 e. The molecule has 2 aromatic carbocycles. The van der Waals surface area contributed by atoms with Gasteiger partial charge >= 0.3 is 11.9 Å². The number of hydrogen-bond donors (Lipinski definition) is 5. The predicted molar refractivity (Wildman–Crippen MR) is 125 cm³/mol. The lowest BCUT2D eigenvalue weighted by molar-refractivity contribution is -0.148. The van der Waals surface area contributed by atoms with Crippen molar-refractivity contribution in [3.63, 3.8) is 0 Å². The number of esters is 2. The summed E-state index contributed by atoms with van der Waals surface area (Å²) in [6.45, 7) is 0.0669. The Kier molecular flexibility index (Phi) is 8.04. The molecule has 5 N–H and O–H groups in total. The molecule has 2 aliphatic heterocycles. The van der Waals surface area contributed by atoms with E-state index in [4.69, 9.17) is 18.9 Å². The van der Waals surface area contributed by atoms with E-state index in [0.717, 1.165) is 0 Å². The van der Waals surface area contributed by atoms with E-state index in [-0.39, 0.29) is 61.2 Å². The Morgan fingerprint density at radius 3 is 2.05 bits per heavy atom. The monoisotopic (exact) mass is 516 g/mol. The molecule has 11 heteroatoms. The molecular formula is C26H28O11. The van der Waals surface area contributed by atoms with Gasteiger partial charge in [0.25, 0.3) is 0 Å². The zero-order valence-corrected chi connectivity index (χ0v) is 19.8. The van der Waals surface area contributed by atoms with E-state index in [1.165, 1.54) is 30.5 Å². The van der Waals surface area contributed by atoms with Crippen molar-refractivity contribution in [2.75, 3.05) is 19.8 Å². The highest BCUT2D eigenvalue weighted by Crippen LogP contribution is 2.40. The van der Waals surface area contributed by atoms with Crippen molar-refractivity contribution in [3.05, 3.63) is 59.4 Å². The van der Waals surface area contributed by atoms with Crippen LogP contribution in [-0.2, 0) is 41.4 Å². The molecular weight excluding hydrogens is 488 g/mol. The number of benzene rings is 2. The van der Waals surface area contributed by atoms with Crippen LogP contribution in [0.1, 0.15) is 17.5 Å². The number of rotatable bonds is 9. The minimum atomic E-state index is -1.24. The Bertz CT molecular complexity index is 1180. The van der Waals surface area contributed by atoms with Crippen LogP contribution in [0.25, 0.3) is 0 Å². The lowest BCUT2D eigenvalue weighted by Gasteiger charge is -2.33. The minimum absolute atomic E-state index is 0.00237. The third kappa shape index (κ3) is 6.25. The SMILES string of the molecule is O=C(CC1C(C(=O)OCCc2ccc(O)c(O)c2)=COC2COC(O)C21)OCCc1ccc(O)c(O)c1. The Labute approximate surface area is 212 Å². The van der Waals surface area contributed by atoms with Gasteiger partial charge in [0.05, 0.1) is 44.0 Å². The first kappa shape index (κ1) is 26.1. The van der Waals surface area contributed by atoms with Gasteiger partial charge in [-0.3, -0.25) is 4.79 Å². The summed E-state index contributed by atoms with van der Waals surface area (Å²) in [5.41, 5.74) is 1.36. The molecule has 0 aromatic heterocycles. The molecule has 4 rings (SSSR count). The molecule has 0 saturated carbocycles. The van der Waals surface area contributed by atoms with Gasteiger partial charge in [-0.25, -0.2) is 4.79 Å². The van der Waals surface area contributed by atoms with E-state index in [9.17, 15) is 35.1 Å². The largest absolute Gasteiger partial charge is 0.504 e. The standard InChI is InChI=1S/C26H28O11/c27-18-3-1-14(9-20(18)29)5-7-34-23(31)11-16-17(12-36-22-13-37-26(33)24(16)22)25(32)35-8-6-15-2-4-19(28)21(30)10-15/h1-4,9-10,12,16,22,24,26-30,33H,5-8,11,13H2. The quantitative estimate of drug-likeness (QED) is 0.242. The van der Waals surface area contributed by atoms with E-state index in [1.807, 2.05) is 0 Å². The van der Waals surface area contributed by atoms with E-state index >= 15 is 0 Å². The van der Waals surface area contributed by atoms with Crippen molar-refractivity contribution >= 4 is 11.9 Å². The van der Waals surface area contributed by atoms with Crippen LogP contribution in [0.2, 0.25) is 0 Å². The molecule has 2 aromatic rings. The molecule has 0 radical (unpaired) electrons. The fourth-order valence-electron chi connectivity index (χ4n) is 4.40. The Balaban J connectivity index is 1.36. The molecule has 2 aliphatic rings. The average Bonchev–Trinajstić information content (AvgIpc) is 3.24. The van der Waals surface area contributed by atoms with Crippen LogP contribution in [0.15, 0.2) is 48.2 Å². The third-order valence-corrected chi connectivity index (χ3v) is 6.40. The Hall–Kier alpha value is -3.96. The topological polar surface area (TPSA) is 172 Å². The average molecular weight is 516 g/mol. The number of aliphatic hydroxyl groups is 1. The number of carbonyl (C=O) groups is 2. The summed E-state index contributed by atoms with van der Waals surface area (Å²) in [6, 6.07) is 8.58. The summed E-state index contributed by atoms with van der Waals surface area (Å²) >= 11 is 0.